The molecule has 8 heteroatoms. The average molecular weight is 493 g/mol. The lowest BCUT2D eigenvalue weighted by atomic mass is 9.40. The highest BCUT2D eigenvalue weighted by atomic mass is 16.7. The summed E-state index contributed by atoms with van der Waals surface area (Å²) in [6.07, 6.45) is 4.92. The van der Waals surface area contributed by atoms with Crippen LogP contribution >= 0.6 is 0 Å². The van der Waals surface area contributed by atoms with Crippen LogP contribution in [0.2, 0.25) is 0 Å². The minimum atomic E-state index is -1.28. The van der Waals surface area contributed by atoms with Crippen LogP contribution in [0, 0.1) is 34.5 Å². The Morgan fingerprint density at radius 2 is 1.77 bits per heavy atom. The molecule has 35 heavy (non-hydrogen) atoms. The number of carbonyl (C=O) groups is 3. The molecular weight excluding hydrogens is 452 g/mol. The van der Waals surface area contributed by atoms with Gasteiger partial charge in [-0.05, 0) is 44.4 Å². The third-order valence-electron chi connectivity index (χ3n) is 9.44. The van der Waals surface area contributed by atoms with E-state index in [-0.39, 0.29) is 30.5 Å². The molecule has 4 aliphatic rings. The van der Waals surface area contributed by atoms with E-state index in [0.29, 0.717) is 26.1 Å². The number of esters is 2. The van der Waals surface area contributed by atoms with Gasteiger partial charge in [0.05, 0.1) is 32.3 Å². The molecular formula is C27H40O8. The van der Waals surface area contributed by atoms with E-state index in [9.17, 15) is 19.5 Å². The van der Waals surface area contributed by atoms with E-state index in [0.717, 1.165) is 0 Å². The van der Waals surface area contributed by atoms with Gasteiger partial charge in [0, 0.05) is 24.2 Å². The van der Waals surface area contributed by atoms with Gasteiger partial charge in [0.1, 0.15) is 17.3 Å². The number of aliphatic hydroxyl groups is 1. The lowest BCUT2D eigenvalue weighted by Crippen LogP contribution is -2.70. The number of fused-ring (bicyclic) bond motifs is 3. The quantitative estimate of drug-likeness (QED) is 0.364. The largest absolute Gasteiger partial charge is 0.468 e. The van der Waals surface area contributed by atoms with E-state index in [2.05, 4.69) is 0 Å². The van der Waals surface area contributed by atoms with Crippen molar-refractivity contribution in [3.63, 3.8) is 0 Å². The first-order valence-corrected chi connectivity index (χ1v) is 12.7. The Hall–Kier alpha value is -1.77. The van der Waals surface area contributed by atoms with Crippen molar-refractivity contribution in [1.82, 2.24) is 0 Å². The Morgan fingerprint density at radius 1 is 1.14 bits per heavy atom. The van der Waals surface area contributed by atoms with Crippen molar-refractivity contribution in [1.29, 1.82) is 0 Å². The molecule has 0 aromatic rings. The van der Waals surface area contributed by atoms with Gasteiger partial charge in [-0.2, -0.15) is 0 Å². The summed E-state index contributed by atoms with van der Waals surface area (Å²) in [7, 11) is 1.26. The molecule has 0 bridgehead atoms. The first-order chi connectivity index (χ1) is 16.1. The molecule has 7 atom stereocenters. The van der Waals surface area contributed by atoms with Crippen molar-refractivity contribution in [3.8, 4) is 0 Å². The number of ether oxygens (including phenoxy) is 4. The fourth-order valence-corrected chi connectivity index (χ4v) is 7.50. The van der Waals surface area contributed by atoms with E-state index in [1.54, 1.807) is 20.8 Å². The zero-order valence-corrected chi connectivity index (χ0v) is 22.0. The summed E-state index contributed by atoms with van der Waals surface area (Å²) in [4.78, 5) is 39.3. The van der Waals surface area contributed by atoms with Gasteiger partial charge in [-0.15, -0.1) is 0 Å². The Morgan fingerprint density at radius 3 is 2.34 bits per heavy atom. The van der Waals surface area contributed by atoms with Crippen molar-refractivity contribution >= 4 is 17.7 Å². The second-order valence-corrected chi connectivity index (χ2v) is 12.3. The molecule has 4 rings (SSSR count). The minimum Gasteiger partial charge on any atom is -0.468 e. The van der Waals surface area contributed by atoms with Gasteiger partial charge in [-0.25, -0.2) is 0 Å². The Kier molecular flexibility index (Phi) is 6.30. The molecule has 0 aromatic heterocycles. The molecule has 1 heterocycles. The second kappa shape index (κ2) is 8.38. The summed E-state index contributed by atoms with van der Waals surface area (Å²) in [6, 6.07) is 0. The van der Waals surface area contributed by atoms with Gasteiger partial charge in [-0.3, -0.25) is 14.4 Å². The summed E-state index contributed by atoms with van der Waals surface area (Å²) < 4.78 is 22.6. The van der Waals surface area contributed by atoms with Crippen LogP contribution in [0.3, 0.4) is 0 Å². The molecule has 0 aromatic carbocycles. The van der Waals surface area contributed by atoms with Crippen LogP contribution in [0.15, 0.2) is 12.2 Å². The van der Waals surface area contributed by atoms with Gasteiger partial charge in [-0.1, -0.05) is 32.9 Å². The molecule has 3 fully saturated rings. The summed E-state index contributed by atoms with van der Waals surface area (Å²) in [5.41, 5.74) is -3.39. The van der Waals surface area contributed by atoms with E-state index in [1.807, 2.05) is 32.9 Å². The maximum absolute atomic E-state index is 13.5. The normalized spacial score (nSPS) is 42.3. The molecule has 0 amide bonds. The van der Waals surface area contributed by atoms with Gasteiger partial charge >= 0.3 is 11.9 Å². The number of hydrogen-bond acceptors (Lipinski definition) is 8. The predicted molar refractivity (Wildman–Crippen MR) is 126 cm³/mol. The number of carbonyl (C=O) groups excluding carboxylic acids is 3. The summed E-state index contributed by atoms with van der Waals surface area (Å²) in [5.74, 6) is -4.59. The van der Waals surface area contributed by atoms with Crippen LogP contribution in [0.4, 0.5) is 0 Å². The molecule has 1 saturated heterocycles. The number of ketones is 1. The Bertz CT molecular complexity index is 928. The smallest absolute Gasteiger partial charge is 0.316 e. The fraction of sp³-hybridized carbons (Fsp3) is 0.815. The maximum atomic E-state index is 13.5. The van der Waals surface area contributed by atoms with E-state index in [4.69, 9.17) is 18.9 Å². The molecule has 1 N–H and O–H groups in total. The third kappa shape index (κ3) is 3.87. The topological polar surface area (TPSA) is 108 Å². The van der Waals surface area contributed by atoms with Crippen LogP contribution in [0.5, 0.6) is 0 Å². The SMILES string of the molecule is COC(=O)C1C(=O)C[C@H]2[C@@](C)(C=C[C@@]3(O)[C@H](C)C4(CC[C@]23C)OCCO4)[C@H]1CC(=O)OC(C)(C)C. The zero-order chi connectivity index (χ0) is 26.0. The van der Waals surface area contributed by atoms with Crippen LogP contribution in [-0.4, -0.2) is 60.1 Å². The van der Waals surface area contributed by atoms with E-state index in [1.165, 1.54) is 7.11 Å². The van der Waals surface area contributed by atoms with Crippen molar-refractivity contribution < 1.29 is 38.4 Å². The lowest BCUT2D eigenvalue weighted by Gasteiger charge is -2.66. The first-order valence-electron chi connectivity index (χ1n) is 12.7. The average Bonchev–Trinajstić information content (AvgIpc) is 3.24. The second-order valence-electron chi connectivity index (χ2n) is 12.3. The highest BCUT2D eigenvalue weighted by Crippen LogP contribution is 2.67. The minimum absolute atomic E-state index is 0.0969. The fourth-order valence-electron chi connectivity index (χ4n) is 7.50. The molecule has 1 unspecified atom stereocenters. The van der Waals surface area contributed by atoms with Gasteiger partial charge < -0.3 is 24.1 Å². The number of hydrogen-bond donors (Lipinski definition) is 1. The summed E-state index contributed by atoms with van der Waals surface area (Å²) in [5, 5.41) is 12.2. The van der Waals surface area contributed by atoms with Crippen molar-refractivity contribution in [3.05, 3.63) is 12.2 Å². The highest BCUT2D eigenvalue weighted by Gasteiger charge is 2.70. The maximum Gasteiger partial charge on any atom is 0.316 e. The highest BCUT2D eigenvalue weighted by molar-refractivity contribution is 6.01. The molecule has 2 saturated carbocycles. The van der Waals surface area contributed by atoms with Crippen molar-refractivity contribution in [2.24, 2.45) is 34.5 Å². The van der Waals surface area contributed by atoms with Crippen LogP contribution in [0.25, 0.3) is 0 Å². The van der Waals surface area contributed by atoms with Crippen molar-refractivity contribution in [2.45, 2.75) is 84.2 Å². The Labute approximate surface area is 207 Å². The van der Waals surface area contributed by atoms with Gasteiger partial charge in [0.15, 0.2) is 5.79 Å². The molecule has 3 aliphatic carbocycles. The molecule has 196 valence electrons. The number of allylic oxidation sites excluding steroid dienone is 1. The summed E-state index contributed by atoms with van der Waals surface area (Å²) in [6.45, 7) is 12.3. The standard InChI is InChI=1S/C27H40O8/c1-16-26(31)10-8-24(5)17(14-20(29)35-23(2,3)4)21(22(30)32-7)18(28)15-19(24)25(26,6)9-11-27(16)33-12-13-34-27/h8,10,16-17,19,21,31H,9,11-15H2,1-7H3/t16-,17-,19-,21?,24-,25+,26+/m0/s1. The number of methoxy groups -OCH3 is 1. The lowest BCUT2D eigenvalue weighted by molar-refractivity contribution is -0.295. The number of rotatable bonds is 3. The molecule has 8 nitrogen and oxygen atoms in total. The molecule has 1 spiro atoms. The van der Waals surface area contributed by atoms with E-state index < -0.39 is 51.6 Å². The first kappa shape index (κ1) is 26.3. The Balaban J connectivity index is 1.79. The van der Waals surface area contributed by atoms with Gasteiger partial charge in [0.2, 0.25) is 0 Å². The number of Topliss-reactive ketones (excluding diaryl/α,β-unsaturated/α-hetero) is 1. The van der Waals surface area contributed by atoms with E-state index >= 15 is 0 Å². The molecule has 0 radical (unpaired) electrons. The van der Waals surface area contributed by atoms with Crippen LogP contribution < -0.4 is 0 Å². The predicted octanol–water partition coefficient (Wildman–Crippen LogP) is 3.20. The summed E-state index contributed by atoms with van der Waals surface area (Å²) >= 11 is 0. The zero-order valence-electron chi connectivity index (χ0n) is 22.0. The van der Waals surface area contributed by atoms with Crippen molar-refractivity contribution in [2.75, 3.05) is 20.3 Å². The molecule has 1 aliphatic heterocycles. The van der Waals surface area contributed by atoms with Crippen LogP contribution in [-0.2, 0) is 33.3 Å². The monoisotopic (exact) mass is 492 g/mol. The third-order valence-corrected chi connectivity index (χ3v) is 9.44. The van der Waals surface area contributed by atoms with Crippen LogP contribution in [0.1, 0.15) is 67.2 Å². The van der Waals surface area contributed by atoms with Gasteiger partial charge in [0.25, 0.3) is 0 Å².